The van der Waals surface area contributed by atoms with Gasteiger partial charge in [0.1, 0.15) is 0 Å². The van der Waals surface area contributed by atoms with Crippen LogP contribution in [-0.2, 0) is 0 Å². The van der Waals surface area contributed by atoms with Crippen LogP contribution in [0, 0.1) is 46.3 Å². The summed E-state index contributed by atoms with van der Waals surface area (Å²) >= 11 is 0. The van der Waals surface area contributed by atoms with Gasteiger partial charge in [-0.15, -0.1) is 0 Å². The molecule has 0 saturated heterocycles. The molecule has 0 N–H and O–H groups in total. The minimum absolute atomic E-state index is 0.0624. The lowest BCUT2D eigenvalue weighted by Crippen LogP contribution is -2.42. The van der Waals surface area contributed by atoms with E-state index in [0.717, 1.165) is 29.6 Å². The van der Waals surface area contributed by atoms with Crippen molar-refractivity contribution in [3.63, 3.8) is 0 Å². The second kappa shape index (κ2) is 8.92. The van der Waals surface area contributed by atoms with E-state index in [0.29, 0.717) is 0 Å². The van der Waals surface area contributed by atoms with E-state index < -0.39 is 0 Å². The van der Waals surface area contributed by atoms with Crippen LogP contribution in [0.15, 0.2) is 0 Å². The van der Waals surface area contributed by atoms with Gasteiger partial charge in [-0.25, -0.2) is 0 Å². The van der Waals surface area contributed by atoms with Gasteiger partial charge in [0.2, 0.25) is 0 Å². The number of hydrogen-bond donors (Lipinski definition) is 0. The normalized spacial score (nSPS) is 41.7. The van der Waals surface area contributed by atoms with Crippen molar-refractivity contribution in [2.24, 2.45) is 35.0 Å². The molecule has 3 aliphatic rings. The molecule has 3 saturated carbocycles. The topological polar surface area (TPSA) is 23.8 Å². The lowest BCUT2D eigenvalue weighted by Gasteiger charge is -2.50. The summed E-state index contributed by atoms with van der Waals surface area (Å²) in [4.78, 5) is 0. The molecule has 142 valence electrons. The highest BCUT2D eigenvalue weighted by atomic mass is 14.5. The Kier molecular flexibility index (Phi) is 6.87. The third kappa shape index (κ3) is 4.43. The first kappa shape index (κ1) is 19.3. The Bertz CT molecular complexity index is 442. The van der Waals surface area contributed by atoms with Crippen LogP contribution in [0.25, 0.3) is 0 Å². The maximum absolute atomic E-state index is 10.0. The smallest absolute Gasteiger partial charge is 0.0692 e. The molecule has 0 spiro atoms. The predicted molar refractivity (Wildman–Crippen MR) is 106 cm³/mol. The first-order valence-electron chi connectivity index (χ1n) is 11.6. The molecular formula is C24H41N. The first-order valence-corrected chi connectivity index (χ1v) is 11.6. The summed E-state index contributed by atoms with van der Waals surface area (Å²) in [5.74, 6) is 4.53. The van der Waals surface area contributed by atoms with Gasteiger partial charge in [-0.05, 0) is 74.5 Å². The monoisotopic (exact) mass is 343 g/mol. The molecule has 3 fully saturated rings. The Hall–Kier alpha value is -0.510. The van der Waals surface area contributed by atoms with E-state index in [1.54, 1.807) is 0 Å². The van der Waals surface area contributed by atoms with Crippen molar-refractivity contribution in [2.75, 3.05) is 0 Å². The molecule has 0 aromatic carbocycles. The molecule has 0 amide bonds. The van der Waals surface area contributed by atoms with Gasteiger partial charge in [0, 0.05) is 0 Å². The lowest BCUT2D eigenvalue weighted by atomic mass is 9.53. The summed E-state index contributed by atoms with van der Waals surface area (Å²) in [5.41, 5.74) is 0.0624. The van der Waals surface area contributed by atoms with E-state index in [-0.39, 0.29) is 5.41 Å². The van der Waals surface area contributed by atoms with Gasteiger partial charge < -0.3 is 0 Å². The van der Waals surface area contributed by atoms with Gasteiger partial charge >= 0.3 is 0 Å². The number of nitrogens with zero attached hydrogens (tertiary/aromatic N) is 1. The fourth-order valence-corrected chi connectivity index (χ4v) is 6.79. The summed E-state index contributed by atoms with van der Waals surface area (Å²) in [6.45, 7) is 4.63. The second-order valence-electron chi connectivity index (χ2n) is 9.86. The standard InChI is InChI=1S/C24H41N/c1-3-5-7-19-8-11-21(12-9-19)22-14-15-24(18-25)17-20(6-4-2)10-13-23(24)16-22/h19-23H,3-17H2,1-2H3/t19?,20-,21?,22?,23-,24-/m1/s1. The minimum atomic E-state index is 0.0624. The molecule has 3 aliphatic carbocycles. The van der Waals surface area contributed by atoms with E-state index in [9.17, 15) is 5.26 Å². The van der Waals surface area contributed by atoms with Gasteiger partial charge in [0.25, 0.3) is 0 Å². The van der Waals surface area contributed by atoms with Gasteiger partial charge in [0.05, 0.1) is 11.5 Å². The van der Waals surface area contributed by atoms with Crippen molar-refractivity contribution in [2.45, 2.75) is 110 Å². The number of nitriles is 1. The number of unbranched alkanes of at least 4 members (excludes halogenated alkanes) is 1. The largest absolute Gasteiger partial charge is 0.198 e. The molecule has 1 unspecified atom stereocenters. The van der Waals surface area contributed by atoms with E-state index in [4.69, 9.17) is 0 Å². The molecule has 0 bridgehead atoms. The molecule has 0 aromatic rings. The zero-order valence-electron chi connectivity index (χ0n) is 16.9. The molecule has 3 rings (SSSR count). The van der Waals surface area contributed by atoms with Crippen LogP contribution >= 0.6 is 0 Å². The molecule has 0 aliphatic heterocycles. The summed E-state index contributed by atoms with van der Waals surface area (Å²) in [6, 6.07) is 2.86. The van der Waals surface area contributed by atoms with Gasteiger partial charge in [-0.3, -0.25) is 0 Å². The molecule has 0 aromatic heterocycles. The SMILES string of the molecule is CCCCC1CCC(C2CC[C@]3(C#N)C[C@H](CCC)CC[C@@H]3C2)CC1. The quantitative estimate of drug-likeness (QED) is 0.489. The highest BCUT2D eigenvalue weighted by Crippen LogP contribution is 2.56. The third-order valence-corrected chi connectivity index (χ3v) is 8.35. The maximum atomic E-state index is 10.0. The Morgan fingerprint density at radius 2 is 1.60 bits per heavy atom. The van der Waals surface area contributed by atoms with Crippen LogP contribution in [0.1, 0.15) is 110 Å². The minimum Gasteiger partial charge on any atom is -0.198 e. The predicted octanol–water partition coefficient (Wildman–Crippen LogP) is 7.51. The first-order chi connectivity index (χ1) is 12.2. The highest BCUT2D eigenvalue weighted by Gasteiger charge is 2.48. The third-order valence-electron chi connectivity index (χ3n) is 8.35. The van der Waals surface area contributed by atoms with Crippen LogP contribution in [0.4, 0.5) is 0 Å². The van der Waals surface area contributed by atoms with Crippen LogP contribution in [0.2, 0.25) is 0 Å². The van der Waals surface area contributed by atoms with Crippen LogP contribution in [0.3, 0.4) is 0 Å². The van der Waals surface area contributed by atoms with Crippen molar-refractivity contribution in [3.05, 3.63) is 0 Å². The summed E-state index contributed by atoms with van der Waals surface area (Å²) < 4.78 is 0. The van der Waals surface area contributed by atoms with Crippen molar-refractivity contribution in [1.82, 2.24) is 0 Å². The average molecular weight is 344 g/mol. The van der Waals surface area contributed by atoms with Crippen LogP contribution in [0.5, 0.6) is 0 Å². The van der Waals surface area contributed by atoms with Gasteiger partial charge in [-0.2, -0.15) is 5.26 Å². The van der Waals surface area contributed by atoms with Crippen LogP contribution < -0.4 is 0 Å². The highest BCUT2D eigenvalue weighted by molar-refractivity contribution is 5.09. The maximum Gasteiger partial charge on any atom is 0.0692 e. The Morgan fingerprint density at radius 1 is 0.840 bits per heavy atom. The van der Waals surface area contributed by atoms with E-state index >= 15 is 0 Å². The summed E-state index contributed by atoms with van der Waals surface area (Å²) in [7, 11) is 0. The van der Waals surface area contributed by atoms with Gasteiger partial charge in [0.15, 0.2) is 0 Å². The van der Waals surface area contributed by atoms with E-state index in [2.05, 4.69) is 19.9 Å². The van der Waals surface area contributed by atoms with Crippen molar-refractivity contribution < 1.29 is 0 Å². The van der Waals surface area contributed by atoms with E-state index in [1.807, 2.05) is 0 Å². The fourth-order valence-electron chi connectivity index (χ4n) is 6.79. The number of hydrogen-bond acceptors (Lipinski definition) is 1. The summed E-state index contributed by atoms with van der Waals surface area (Å²) in [6.07, 6.45) is 20.8. The molecule has 4 atom stereocenters. The molecule has 1 heteroatoms. The van der Waals surface area contributed by atoms with Crippen molar-refractivity contribution in [3.8, 4) is 6.07 Å². The Balaban J connectivity index is 1.53. The van der Waals surface area contributed by atoms with Crippen molar-refractivity contribution in [1.29, 1.82) is 5.26 Å². The van der Waals surface area contributed by atoms with Gasteiger partial charge in [-0.1, -0.05) is 65.2 Å². The molecule has 0 heterocycles. The Morgan fingerprint density at radius 3 is 2.28 bits per heavy atom. The molecular weight excluding hydrogens is 302 g/mol. The molecule has 25 heavy (non-hydrogen) atoms. The Labute approximate surface area is 157 Å². The zero-order chi connectivity index (χ0) is 17.7. The number of fused-ring (bicyclic) bond motifs is 1. The van der Waals surface area contributed by atoms with E-state index in [1.165, 1.54) is 96.3 Å². The molecule has 1 nitrogen and oxygen atoms in total. The second-order valence-corrected chi connectivity index (χ2v) is 9.86. The summed E-state index contributed by atoms with van der Waals surface area (Å²) in [5, 5.41) is 10.0. The van der Waals surface area contributed by atoms with Crippen LogP contribution in [-0.4, -0.2) is 0 Å². The van der Waals surface area contributed by atoms with Crippen molar-refractivity contribution >= 4 is 0 Å². The average Bonchev–Trinajstić information content (AvgIpc) is 2.66. The number of rotatable bonds is 6. The fraction of sp³-hybridized carbons (Fsp3) is 0.958. The molecule has 0 radical (unpaired) electrons. The zero-order valence-corrected chi connectivity index (χ0v) is 16.9. The lowest BCUT2D eigenvalue weighted by molar-refractivity contribution is 0.0149.